The topological polar surface area (TPSA) is 35.8 Å². The normalized spacial score (nSPS) is 31.8. The average molecular weight is 190 g/mol. The van der Waals surface area contributed by atoms with Crippen LogP contribution in [0.3, 0.4) is 0 Å². The maximum atomic E-state index is 9.29. The first-order valence-corrected chi connectivity index (χ1v) is 5.39. The molecule has 1 aliphatic rings. The minimum Gasteiger partial charge on any atom is -0.288 e. The Kier molecular flexibility index (Phi) is 3.98. The Morgan fingerprint density at radius 3 is 2.93 bits per heavy atom. The standard InChI is InChI=1S/C12H18N2/c1-3-9-14-12(10-13)8-6-5-7-11(12)4-2/h1,11,14H,4-9H2,2H3. The van der Waals surface area contributed by atoms with Crippen LogP contribution in [-0.4, -0.2) is 12.1 Å². The van der Waals surface area contributed by atoms with E-state index < -0.39 is 0 Å². The summed E-state index contributed by atoms with van der Waals surface area (Å²) in [4.78, 5) is 0. The number of rotatable bonds is 3. The molecule has 14 heavy (non-hydrogen) atoms. The smallest absolute Gasteiger partial charge is 0.110 e. The number of terminal acetylenes is 1. The van der Waals surface area contributed by atoms with Crippen molar-refractivity contribution >= 4 is 0 Å². The van der Waals surface area contributed by atoms with Gasteiger partial charge in [-0.3, -0.25) is 5.32 Å². The van der Waals surface area contributed by atoms with Gasteiger partial charge in [-0.05, 0) is 18.8 Å². The fourth-order valence-electron chi connectivity index (χ4n) is 2.43. The van der Waals surface area contributed by atoms with Crippen molar-refractivity contribution in [2.24, 2.45) is 5.92 Å². The van der Waals surface area contributed by atoms with Gasteiger partial charge in [0.05, 0.1) is 12.6 Å². The molecule has 2 unspecified atom stereocenters. The highest BCUT2D eigenvalue weighted by Crippen LogP contribution is 2.35. The Morgan fingerprint density at radius 2 is 2.36 bits per heavy atom. The molecule has 1 rings (SSSR count). The average Bonchev–Trinajstić information content (AvgIpc) is 2.26. The Labute approximate surface area is 86.7 Å². The summed E-state index contributed by atoms with van der Waals surface area (Å²) in [6, 6.07) is 2.45. The molecule has 2 nitrogen and oxygen atoms in total. The Morgan fingerprint density at radius 1 is 1.57 bits per heavy atom. The van der Waals surface area contributed by atoms with Crippen LogP contribution in [0.15, 0.2) is 0 Å². The van der Waals surface area contributed by atoms with E-state index in [0.29, 0.717) is 12.5 Å². The summed E-state index contributed by atoms with van der Waals surface area (Å²) in [6.45, 7) is 2.66. The van der Waals surface area contributed by atoms with E-state index in [1.54, 1.807) is 0 Å². The van der Waals surface area contributed by atoms with Crippen molar-refractivity contribution in [2.45, 2.75) is 44.6 Å². The number of hydrogen-bond donors (Lipinski definition) is 1. The molecule has 2 atom stereocenters. The maximum absolute atomic E-state index is 9.29. The monoisotopic (exact) mass is 190 g/mol. The lowest BCUT2D eigenvalue weighted by atomic mass is 9.72. The molecule has 1 aliphatic carbocycles. The minimum absolute atomic E-state index is 0.348. The molecule has 1 saturated carbocycles. The second kappa shape index (κ2) is 5.03. The van der Waals surface area contributed by atoms with Gasteiger partial charge in [-0.1, -0.05) is 32.1 Å². The number of nitriles is 1. The molecule has 0 amide bonds. The molecular formula is C12H18N2. The summed E-state index contributed by atoms with van der Waals surface area (Å²) in [7, 11) is 0. The van der Waals surface area contributed by atoms with Crippen LogP contribution in [0.1, 0.15) is 39.0 Å². The van der Waals surface area contributed by atoms with E-state index in [1.807, 2.05) is 0 Å². The van der Waals surface area contributed by atoms with Gasteiger partial charge in [0, 0.05) is 0 Å². The van der Waals surface area contributed by atoms with Crippen LogP contribution >= 0.6 is 0 Å². The van der Waals surface area contributed by atoms with Crippen LogP contribution in [0.4, 0.5) is 0 Å². The lowest BCUT2D eigenvalue weighted by Gasteiger charge is -2.38. The second-order valence-corrected chi connectivity index (χ2v) is 3.99. The zero-order valence-corrected chi connectivity index (χ0v) is 8.84. The molecule has 0 bridgehead atoms. The van der Waals surface area contributed by atoms with E-state index in [-0.39, 0.29) is 5.54 Å². The van der Waals surface area contributed by atoms with Gasteiger partial charge in [0.15, 0.2) is 0 Å². The van der Waals surface area contributed by atoms with Crippen LogP contribution in [0.25, 0.3) is 0 Å². The van der Waals surface area contributed by atoms with Crippen LogP contribution in [0.5, 0.6) is 0 Å². The number of nitrogens with zero attached hydrogens (tertiary/aromatic N) is 1. The third kappa shape index (κ3) is 2.08. The number of nitrogens with one attached hydrogen (secondary N) is 1. The molecule has 0 aromatic heterocycles. The van der Waals surface area contributed by atoms with E-state index in [4.69, 9.17) is 6.42 Å². The zero-order valence-electron chi connectivity index (χ0n) is 8.84. The fraction of sp³-hybridized carbons (Fsp3) is 0.750. The van der Waals surface area contributed by atoms with Gasteiger partial charge in [0.1, 0.15) is 5.54 Å². The molecule has 76 valence electrons. The van der Waals surface area contributed by atoms with E-state index in [2.05, 4.69) is 24.2 Å². The zero-order chi connectivity index (χ0) is 10.4. The number of hydrogen-bond acceptors (Lipinski definition) is 2. The lowest BCUT2D eigenvalue weighted by Crippen LogP contribution is -2.51. The van der Waals surface area contributed by atoms with Gasteiger partial charge < -0.3 is 0 Å². The summed E-state index contributed by atoms with van der Waals surface area (Å²) in [5, 5.41) is 12.5. The molecular weight excluding hydrogens is 172 g/mol. The van der Waals surface area contributed by atoms with Crippen molar-refractivity contribution in [3.63, 3.8) is 0 Å². The van der Waals surface area contributed by atoms with Crippen LogP contribution in [0, 0.1) is 29.6 Å². The molecule has 0 saturated heterocycles. The van der Waals surface area contributed by atoms with Crippen molar-refractivity contribution in [1.29, 1.82) is 5.26 Å². The Bertz CT molecular complexity index is 258. The predicted octanol–water partition coefficient (Wildman–Crippen LogP) is 2.07. The van der Waals surface area contributed by atoms with Crippen molar-refractivity contribution in [2.75, 3.05) is 6.54 Å². The highest BCUT2D eigenvalue weighted by atomic mass is 15.0. The van der Waals surface area contributed by atoms with Crippen LogP contribution < -0.4 is 5.32 Å². The highest BCUT2D eigenvalue weighted by molar-refractivity contribution is 5.13. The SMILES string of the molecule is C#CCNC1(C#N)CCCCC1CC. The third-order valence-corrected chi connectivity index (χ3v) is 3.27. The van der Waals surface area contributed by atoms with Gasteiger partial charge in [0.25, 0.3) is 0 Å². The lowest BCUT2D eigenvalue weighted by molar-refractivity contribution is 0.198. The fourth-order valence-corrected chi connectivity index (χ4v) is 2.43. The molecule has 0 radical (unpaired) electrons. The Balaban J connectivity index is 2.73. The van der Waals surface area contributed by atoms with Crippen molar-refractivity contribution in [3.05, 3.63) is 0 Å². The summed E-state index contributed by atoms with van der Waals surface area (Å²) in [5.41, 5.74) is -0.348. The van der Waals surface area contributed by atoms with Crippen LogP contribution in [-0.2, 0) is 0 Å². The first-order chi connectivity index (χ1) is 6.79. The van der Waals surface area contributed by atoms with Gasteiger partial charge >= 0.3 is 0 Å². The Hall–Kier alpha value is -0.990. The van der Waals surface area contributed by atoms with Gasteiger partial charge in [-0.25, -0.2) is 0 Å². The van der Waals surface area contributed by atoms with E-state index in [0.717, 1.165) is 25.7 Å². The molecule has 2 heteroatoms. The molecule has 0 aliphatic heterocycles. The van der Waals surface area contributed by atoms with Gasteiger partial charge in [-0.15, -0.1) is 6.42 Å². The first-order valence-electron chi connectivity index (χ1n) is 5.39. The van der Waals surface area contributed by atoms with E-state index >= 15 is 0 Å². The van der Waals surface area contributed by atoms with E-state index in [9.17, 15) is 5.26 Å². The molecule has 1 N–H and O–H groups in total. The summed E-state index contributed by atoms with van der Waals surface area (Å²) >= 11 is 0. The summed E-state index contributed by atoms with van der Waals surface area (Å²) < 4.78 is 0. The second-order valence-electron chi connectivity index (χ2n) is 3.99. The molecule has 1 fully saturated rings. The molecule has 0 heterocycles. The highest BCUT2D eigenvalue weighted by Gasteiger charge is 2.39. The van der Waals surface area contributed by atoms with Crippen molar-refractivity contribution in [1.82, 2.24) is 5.32 Å². The largest absolute Gasteiger partial charge is 0.288 e. The summed E-state index contributed by atoms with van der Waals surface area (Å²) in [6.07, 6.45) is 10.8. The van der Waals surface area contributed by atoms with Crippen molar-refractivity contribution < 1.29 is 0 Å². The maximum Gasteiger partial charge on any atom is 0.110 e. The quantitative estimate of drug-likeness (QED) is 0.691. The van der Waals surface area contributed by atoms with E-state index in [1.165, 1.54) is 6.42 Å². The molecule has 0 aromatic rings. The van der Waals surface area contributed by atoms with Crippen LogP contribution in [0.2, 0.25) is 0 Å². The third-order valence-electron chi connectivity index (χ3n) is 3.27. The van der Waals surface area contributed by atoms with Gasteiger partial charge in [-0.2, -0.15) is 5.26 Å². The first kappa shape index (κ1) is 11.1. The minimum atomic E-state index is -0.348. The van der Waals surface area contributed by atoms with Crippen molar-refractivity contribution in [3.8, 4) is 18.4 Å². The predicted molar refractivity (Wildman–Crippen MR) is 57.4 cm³/mol. The summed E-state index contributed by atoms with van der Waals surface area (Å²) in [5.74, 6) is 3.02. The van der Waals surface area contributed by atoms with Gasteiger partial charge in [0.2, 0.25) is 0 Å². The molecule has 0 spiro atoms. The molecule has 0 aromatic carbocycles.